The highest BCUT2D eigenvalue weighted by atomic mass is 16.5. The fourth-order valence-corrected chi connectivity index (χ4v) is 2.87. The van der Waals surface area contributed by atoms with Crippen LogP contribution in [0.25, 0.3) is 0 Å². The quantitative estimate of drug-likeness (QED) is 0.855. The van der Waals surface area contributed by atoms with E-state index < -0.39 is 0 Å². The van der Waals surface area contributed by atoms with E-state index in [1.54, 1.807) is 0 Å². The lowest BCUT2D eigenvalue weighted by atomic mass is 9.85. The van der Waals surface area contributed by atoms with Crippen LogP contribution in [0.3, 0.4) is 0 Å². The largest absolute Gasteiger partial charge is 0.488 e. The molecule has 1 aliphatic carbocycles. The van der Waals surface area contributed by atoms with Gasteiger partial charge in [0.25, 0.3) is 0 Å². The Morgan fingerprint density at radius 1 is 1.40 bits per heavy atom. The zero-order valence-corrected chi connectivity index (χ0v) is 13.1. The van der Waals surface area contributed by atoms with Crippen molar-refractivity contribution >= 4 is 0 Å². The molecule has 3 nitrogen and oxygen atoms in total. The number of nitrogens with zero attached hydrogens (tertiary/aromatic N) is 1. The maximum atomic E-state index is 6.25. The van der Waals surface area contributed by atoms with Crippen LogP contribution in [-0.4, -0.2) is 17.1 Å². The molecule has 3 heteroatoms. The van der Waals surface area contributed by atoms with Crippen LogP contribution in [0.5, 0.6) is 5.75 Å². The maximum Gasteiger partial charge on any atom is 0.142 e. The van der Waals surface area contributed by atoms with Gasteiger partial charge >= 0.3 is 0 Å². The fourth-order valence-electron chi connectivity index (χ4n) is 2.87. The summed E-state index contributed by atoms with van der Waals surface area (Å²) in [5, 5.41) is 3.45. The van der Waals surface area contributed by atoms with Gasteiger partial charge in [0.15, 0.2) is 0 Å². The minimum absolute atomic E-state index is 0.371. The second kappa shape index (κ2) is 7.63. The van der Waals surface area contributed by atoms with Crippen molar-refractivity contribution < 1.29 is 4.74 Å². The van der Waals surface area contributed by atoms with E-state index in [9.17, 15) is 0 Å². The van der Waals surface area contributed by atoms with Gasteiger partial charge in [0.2, 0.25) is 0 Å². The normalized spacial score (nSPS) is 23.0. The first-order valence-electron chi connectivity index (χ1n) is 8.02. The predicted octanol–water partition coefficient (Wildman–Crippen LogP) is 3.93. The third-order valence-corrected chi connectivity index (χ3v) is 4.18. The fraction of sp³-hybridized carbons (Fsp3) is 0.706. The topological polar surface area (TPSA) is 34.1 Å². The van der Waals surface area contributed by atoms with Crippen LogP contribution in [-0.2, 0) is 6.54 Å². The second-order valence-electron chi connectivity index (χ2n) is 6.20. The van der Waals surface area contributed by atoms with E-state index in [2.05, 4.69) is 37.1 Å². The molecule has 1 aromatic rings. The molecule has 0 spiro atoms. The van der Waals surface area contributed by atoms with Gasteiger partial charge in [-0.3, -0.25) is 4.98 Å². The molecule has 1 aliphatic rings. The minimum Gasteiger partial charge on any atom is -0.488 e. The summed E-state index contributed by atoms with van der Waals surface area (Å²) in [6.07, 6.45) is 10.4. The van der Waals surface area contributed by atoms with Gasteiger partial charge in [-0.2, -0.15) is 0 Å². The van der Waals surface area contributed by atoms with Gasteiger partial charge in [0, 0.05) is 24.3 Å². The Hall–Kier alpha value is -1.09. The maximum absolute atomic E-state index is 6.25. The summed E-state index contributed by atoms with van der Waals surface area (Å²) in [6, 6.07) is 2.54. The number of rotatable bonds is 6. The number of aromatic nitrogens is 1. The SMILES string of the molecule is CCC1CCCC(Oc2cnccc2CNC(C)C)C1. The molecule has 0 aliphatic heterocycles. The molecule has 112 valence electrons. The number of hydrogen-bond acceptors (Lipinski definition) is 3. The summed E-state index contributed by atoms with van der Waals surface area (Å²) < 4.78 is 6.25. The molecule has 20 heavy (non-hydrogen) atoms. The summed E-state index contributed by atoms with van der Waals surface area (Å²) in [6.45, 7) is 7.46. The number of ether oxygens (including phenoxy) is 1. The van der Waals surface area contributed by atoms with Crippen molar-refractivity contribution in [2.45, 2.75) is 71.6 Å². The van der Waals surface area contributed by atoms with Gasteiger partial charge in [0.05, 0.1) is 12.3 Å². The Kier molecular flexibility index (Phi) is 5.84. The molecule has 1 heterocycles. The average molecular weight is 276 g/mol. The molecule has 1 N–H and O–H groups in total. The van der Waals surface area contributed by atoms with Gasteiger partial charge in [-0.25, -0.2) is 0 Å². The summed E-state index contributed by atoms with van der Waals surface area (Å²) in [5.41, 5.74) is 1.22. The second-order valence-corrected chi connectivity index (χ2v) is 6.20. The Labute approximate surface area is 123 Å². The van der Waals surface area contributed by atoms with E-state index >= 15 is 0 Å². The van der Waals surface area contributed by atoms with E-state index in [0.717, 1.165) is 18.2 Å². The molecule has 2 atom stereocenters. The zero-order valence-electron chi connectivity index (χ0n) is 13.1. The van der Waals surface area contributed by atoms with Gasteiger partial charge in [-0.15, -0.1) is 0 Å². The van der Waals surface area contributed by atoms with Crippen molar-refractivity contribution in [3.63, 3.8) is 0 Å². The van der Waals surface area contributed by atoms with Crippen LogP contribution in [0.4, 0.5) is 0 Å². The lowest BCUT2D eigenvalue weighted by molar-refractivity contribution is 0.120. The molecular formula is C17H28N2O. The Balaban J connectivity index is 1.97. The van der Waals surface area contributed by atoms with E-state index in [1.807, 2.05) is 12.4 Å². The van der Waals surface area contributed by atoms with Crippen LogP contribution < -0.4 is 10.1 Å². The van der Waals surface area contributed by atoms with Crippen LogP contribution in [0, 0.1) is 5.92 Å². The summed E-state index contributed by atoms with van der Waals surface area (Å²) in [7, 11) is 0. The molecule has 0 amide bonds. The predicted molar refractivity (Wildman–Crippen MR) is 82.9 cm³/mol. The average Bonchev–Trinajstić information content (AvgIpc) is 2.46. The molecule has 2 rings (SSSR count). The summed E-state index contributed by atoms with van der Waals surface area (Å²) >= 11 is 0. The Bertz CT molecular complexity index is 406. The van der Waals surface area contributed by atoms with Crippen LogP contribution >= 0.6 is 0 Å². The van der Waals surface area contributed by atoms with Gasteiger partial charge in [-0.1, -0.05) is 33.6 Å². The standard InChI is InChI=1S/C17H28N2O/c1-4-14-6-5-7-16(10-14)20-17-12-18-9-8-15(17)11-19-13(2)3/h8-9,12-14,16,19H,4-7,10-11H2,1-3H3. The zero-order chi connectivity index (χ0) is 14.4. The van der Waals surface area contributed by atoms with Crippen LogP contribution in [0.15, 0.2) is 18.5 Å². The number of hydrogen-bond donors (Lipinski definition) is 1. The molecule has 0 saturated heterocycles. The molecule has 1 aromatic heterocycles. The van der Waals surface area contributed by atoms with Crippen molar-refractivity contribution in [3.05, 3.63) is 24.0 Å². The first-order chi connectivity index (χ1) is 9.69. The summed E-state index contributed by atoms with van der Waals surface area (Å²) in [4.78, 5) is 4.22. The molecule has 2 unspecified atom stereocenters. The van der Waals surface area contributed by atoms with Gasteiger partial charge in [-0.05, 0) is 31.2 Å². The van der Waals surface area contributed by atoms with E-state index in [-0.39, 0.29) is 0 Å². The smallest absolute Gasteiger partial charge is 0.142 e. The lowest BCUT2D eigenvalue weighted by Gasteiger charge is -2.29. The number of nitrogens with one attached hydrogen (secondary N) is 1. The van der Waals surface area contributed by atoms with Gasteiger partial charge < -0.3 is 10.1 Å². The molecule has 0 aromatic carbocycles. The van der Waals surface area contributed by atoms with E-state index in [4.69, 9.17) is 4.74 Å². The molecule has 0 bridgehead atoms. The van der Waals surface area contributed by atoms with Crippen molar-refractivity contribution in [1.29, 1.82) is 0 Å². The minimum atomic E-state index is 0.371. The van der Waals surface area contributed by atoms with Gasteiger partial charge in [0.1, 0.15) is 5.75 Å². The molecule has 1 saturated carbocycles. The van der Waals surface area contributed by atoms with E-state index in [0.29, 0.717) is 12.1 Å². The number of pyridine rings is 1. The summed E-state index contributed by atoms with van der Waals surface area (Å²) in [5.74, 6) is 1.80. The Morgan fingerprint density at radius 2 is 2.25 bits per heavy atom. The molecular weight excluding hydrogens is 248 g/mol. The lowest BCUT2D eigenvalue weighted by Crippen LogP contribution is -2.26. The Morgan fingerprint density at radius 3 is 3.00 bits per heavy atom. The van der Waals surface area contributed by atoms with Crippen molar-refractivity contribution in [1.82, 2.24) is 10.3 Å². The highest BCUT2D eigenvalue weighted by Crippen LogP contribution is 2.30. The van der Waals surface area contributed by atoms with Crippen LogP contribution in [0.2, 0.25) is 0 Å². The highest BCUT2D eigenvalue weighted by Gasteiger charge is 2.22. The first-order valence-corrected chi connectivity index (χ1v) is 8.02. The third kappa shape index (κ3) is 4.48. The van der Waals surface area contributed by atoms with Crippen molar-refractivity contribution in [2.24, 2.45) is 5.92 Å². The molecule has 1 fully saturated rings. The third-order valence-electron chi connectivity index (χ3n) is 4.18. The van der Waals surface area contributed by atoms with Crippen molar-refractivity contribution in [2.75, 3.05) is 0 Å². The van der Waals surface area contributed by atoms with Crippen LogP contribution in [0.1, 0.15) is 58.4 Å². The first kappa shape index (κ1) is 15.3. The molecule has 0 radical (unpaired) electrons. The highest BCUT2D eigenvalue weighted by molar-refractivity contribution is 5.30. The van der Waals surface area contributed by atoms with Crippen molar-refractivity contribution in [3.8, 4) is 5.75 Å². The van der Waals surface area contributed by atoms with E-state index in [1.165, 1.54) is 37.7 Å². The monoisotopic (exact) mass is 276 g/mol.